The number of nitrogens with zero attached hydrogens (tertiary/aromatic N) is 1. The average Bonchev–Trinajstić information content (AvgIpc) is 1.88. The fourth-order valence-electron chi connectivity index (χ4n) is 0.825. The van der Waals surface area contributed by atoms with Crippen LogP contribution in [-0.4, -0.2) is 28.7 Å². The van der Waals surface area contributed by atoms with Crippen LogP contribution in [0.3, 0.4) is 0 Å². The second-order valence-electron chi connectivity index (χ2n) is 2.10. The fraction of sp³-hybridized carbons (Fsp3) is 0.500. The number of amides is 1. The molecule has 10 heavy (non-hydrogen) atoms. The van der Waals surface area contributed by atoms with E-state index in [-0.39, 0.29) is 5.38 Å². The number of carbonyl (C=O) groups is 1. The van der Waals surface area contributed by atoms with Gasteiger partial charge in [-0.15, -0.1) is 11.6 Å². The van der Waals surface area contributed by atoms with Crippen molar-refractivity contribution in [1.29, 1.82) is 0 Å². The predicted molar refractivity (Wildman–Crippen MR) is 41.6 cm³/mol. The van der Waals surface area contributed by atoms with Gasteiger partial charge in [0.2, 0.25) is 0 Å². The van der Waals surface area contributed by atoms with Gasteiger partial charge in [-0.3, -0.25) is 4.79 Å². The lowest BCUT2D eigenvalue weighted by atomic mass is 10.3. The Morgan fingerprint density at radius 2 is 2.40 bits per heavy atom. The summed E-state index contributed by atoms with van der Waals surface area (Å²) in [6, 6.07) is 0. The van der Waals surface area contributed by atoms with Crippen LogP contribution >= 0.6 is 23.2 Å². The minimum Gasteiger partial charge on any atom is -0.324 e. The molecule has 1 atom stereocenters. The highest BCUT2D eigenvalue weighted by Crippen LogP contribution is 2.09. The predicted octanol–water partition coefficient (Wildman–Crippen LogP) is 1.82. The molecule has 0 aliphatic carbocycles. The van der Waals surface area contributed by atoms with Crippen LogP contribution in [0.25, 0.3) is 0 Å². The number of halogens is 2. The summed E-state index contributed by atoms with van der Waals surface area (Å²) in [4.78, 5) is 12.0. The molecule has 0 radical (unpaired) electrons. The van der Waals surface area contributed by atoms with Gasteiger partial charge in [0.1, 0.15) is 0 Å². The van der Waals surface area contributed by atoms with Gasteiger partial charge in [0, 0.05) is 13.1 Å². The van der Waals surface area contributed by atoms with E-state index in [9.17, 15) is 4.79 Å². The maximum absolute atomic E-state index is 10.5. The summed E-state index contributed by atoms with van der Waals surface area (Å²) in [7, 11) is 0. The van der Waals surface area contributed by atoms with Crippen molar-refractivity contribution < 1.29 is 4.79 Å². The van der Waals surface area contributed by atoms with Crippen molar-refractivity contribution in [2.24, 2.45) is 0 Å². The molecule has 2 nitrogen and oxygen atoms in total. The first-order valence-corrected chi connectivity index (χ1v) is 3.76. The third kappa shape index (κ3) is 1.89. The van der Waals surface area contributed by atoms with E-state index in [4.69, 9.17) is 23.2 Å². The molecule has 1 amide bonds. The van der Waals surface area contributed by atoms with Gasteiger partial charge in [-0.1, -0.05) is 12.2 Å². The molecule has 1 heterocycles. The lowest BCUT2D eigenvalue weighted by Crippen LogP contribution is -2.34. The number of rotatable bonds is 0. The van der Waals surface area contributed by atoms with Crippen LogP contribution in [0.2, 0.25) is 0 Å². The zero-order valence-corrected chi connectivity index (χ0v) is 6.77. The second-order valence-corrected chi connectivity index (χ2v) is 2.99. The Morgan fingerprint density at radius 3 is 2.80 bits per heavy atom. The lowest BCUT2D eigenvalue weighted by Gasteiger charge is -2.22. The van der Waals surface area contributed by atoms with Gasteiger partial charge >= 0.3 is 5.37 Å². The molecule has 4 heteroatoms. The summed E-state index contributed by atoms with van der Waals surface area (Å²) < 4.78 is 0. The maximum atomic E-state index is 10.5. The molecule has 0 saturated carbocycles. The number of hydrogen-bond donors (Lipinski definition) is 0. The maximum Gasteiger partial charge on any atom is 0.316 e. The monoisotopic (exact) mass is 179 g/mol. The van der Waals surface area contributed by atoms with Gasteiger partial charge in [0.05, 0.1) is 5.38 Å². The van der Waals surface area contributed by atoms with E-state index in [0.717, 1.165) is 0 Å². The van der Waals surface area contributed by atoms with Crippen LogP contribution in [0.4, 0.5) is 4.79 Å². The number of hydrogen-bond acceptors (Lipinski definition) is 1. The Hall–Kier alpha value is -0.210. The SMILES string of the molecule is O=C(Cl)N1CC=C[C@H](Cl)C1. The number of alkyl halides is 1. The summed E-state index contributed by atoms with van der Waals surface area (Å²) in [6.07, 6.45) is 3.69. The molecule has 0 fully saturated rings. The molecule has 1 aliphatic rings. The van der Waals surface area contributed by atoms with Crippen LogP contribution in [0.1, 0.15) is 0 Å². The molecule has 0 spiro atoms. The Bertz CT molecular complexity index is 169. The van der Waals surface area contributed by atoms with E-state index >= 15 is 0 Å². The third-order valence-electron chi connectivity index (χ3n) is 1.31. The molecule has 0 aromatic carbocycles. The summed E-state index contributed by atoms with van der Waals surface area (Å²) in [5.41, 5.74) is 0. The largest absolute Gasteiger partial charge is 0.324 e. The molecule has 0 saturated heterocycles. The topological polar surface area (TPSA) is 20.3 Å². The minimum absolute atomic E-state index is 0.0866. The van der Waals surface area contributed by atoms with Crippen LogP contribution in [0, 0.1) is 0 Å². The highest BCUT2D eigenvalue weighted by atomic mass is 35.5. The molecular weight excluding hydrogens is 173 g/mol. The van der Waals surface area contributed by atoms with Gasteiger partial charge in [-0.2, -0.15) is 0 Å². The van der Waals surface area contributed by atoms with E-state index in [2.05, 4.69) is 0 Å². The molecule has 1 aliphatic heterocycles. The van der Waals surface area contributed by atoms with E-state index in [1.807, 2.05) is 12.2 Å². The van der Waals surface area contributed by atoms with Crippen LogP contribution in [0.15, 0.2) is 12.2 Å². The molecule has 0 aromatic rings. The smallest absolute Gasteiger partial charge is 0.316 e. The van der Waals surface area contributed by atoms with Crippen LogP contribution < -0.4 is 0 Å². The zero-order valence-electron chi connectivity index (χ0n) is 5.26. The Morgan fingerprint density at radius 1 is 1.70 bits per heavy atom. The normalized spacial score (nSPS) is 25.0. The van der Waals surface area contributed by atoms with Crippen molar-refractivity contribution in [2.75, 3.05) is 13.1 Å². The molecular formula is C6H7Cl2NO. The molecule has 1 rings (SSSR count). The minimum atomic E-state index is -0.435. The molecule has 0 bridgehead atoms. The highest BCUT2D eigenvalue weighted by Gasteiger charge is 2.15. The van der Waals surface area contributed by atoms with Crippen molar-refractivity contribution >= 4 is 28.6 Å². The van der Waals surface area contributed by atoms with Gasteiger partial charge < -0.3 is 4.90 Å². The van der Waals surface area contributed by atoms with Crippen LogP contribution in [0.5, 0.6) is 0 Å². The molecule has 0 aromatic heterocycles. The lowest BCUT2D eigenvalue weighted by molar-refractivity contribution is 0.226. The standard InChI is InChI=1S/C6H7Cl2NO/c7-5-2-1-3-9(4-5)6(8)10/h1-2,5H,3-4H2/t5-/m0/s1. The van der Waals surface area contributed by atoms with Crippen molar-refractivity contribution in [3.8, 4) is 0 Å². The highest BCUT2D eigenvalue weighted by molar-refractivity contribution is 6.62. The average molecular weight is 180 g/mol. The van der Waals surface area contributed by atoms with Gasteiger partial charge in [0.25, 0.3) is 0 Å². The van der Waals surface area contributed by atoms with E-state index in [1.54, 1.807) is 0 Å². The Balaban J connectivity index is 2.52. The first-order chi connectivity index (χ1) is 4.70. The summed E-state index contributed by atoms with van der Waals surface area (Å²) in [5, 5.41) is -0.522. The second kappa shape index (κ2) is 3.26. The molecule has 0 N–H and O–H groups in total. The van der Waals surface area contributed by atoms with Crippen LogP contribution in [-0.2, 0) is 0 Å². The van der Waals surface area contributed by atoms with E-state index in [0.29, 0.717) is 13.1 Å². The van der Waals surface area contributed by atoms with E-state index in [1.165, 1.54) is 4.90 Å². The van der Waals surface area contributed by atoms with Crippen molar-refractivity contribution in [1.82, 2.24) is 4.90 Å². The Kier molecular flexibility index (Phi) is 2.57. The summed E-state index contributed by atoms with van der Waals surface area (Å²) in [6.45, 7) is 1.09. The fourth-order valence-corrected chi connectivity index (χ4v) is 1.23. The molecule has 0 unspecified atom stereocenters. The van der Waals surface area contributed by atoms with Crippen molar-refractivity contribution in [2.45, 2.75) is 5.38 Å². The first kappa shape index (κ1) is 7.89. The van der Waals surface area contributed by atoms with Gasteiger partial charge in [-0.05, 0) is 11.6 Å². The van der Waals surface area contributed by atoms with Crippen molar-refractivity contribution in [3.05, 3.63) is 12.2 Å². The van der Waals surface area contributed by atoms with Crippen molar-refractivity contribution in [3.63, 3.8) is 0 Å². The quantitative estimate of drug-likeness (QED) is 0.241. The molecule has 56 valence electrons. The summed E-state index contributed by atoms with van der Waals surface area (Å²) in [5.74, 6) is 0. The Labute approximate surface area is 69.4 Å². The summed E-state index contributed by atoms with van der Waals surface area (Å²) >= 11 is 10.9. The number of carbonyl (C=O) groups excluding carboxylic acids is 1. The zero-order chi connectivity index (χ0) is 7.56. The third-order valence-corrected chi connectivity index (χ3v) is 1.84. The van der Waals surface area contributed by atoms with Gasteiger partial charge in [0.15, 0.2) is 0 Å². The van der Waals surface area contributed by atoms with E-state index < -0.39 is 5.37 Å². The van der Waals surface area contributed by atoms with Gasteiger partial charge in [-0.25, -0.2) is 0 Å². The first-order valence-electron chi connectivity index (χ1n) is 2.95.